The van der Waals surface area contributed by atoms with Gasteiger partial charge in [0.2, 0.25) is 0 Å². The predicted octanol–water partition coefficient (Wildman–Crippen LogP) is 3.83. The van der Waals surface area contributed by atoms with Crippen molar-refractivity contribution in [3.05, 3.63) is 35.1 Å². The molecule has 2 atom stereocenters. The zero-order valence-corrected chi connectivity index (χ0v) is 11.7. The Hall–Kier alpha value is -1.38. The van der Waals surface area contributed by atoms with E-state index in [1.165, 1.54) is 12.5 Å². The molecule has 2 nitrogen and oxygen atoms in total. The third-order valence-corrected chi connectivity index (χ3v) is 4.12. The van der Waals surface area contributed by atoms with Crippen molar-refractivity contribution in [2.24, 2.45) is 5.92 Å². The SMILES string of the molecule is CCC1CCCCC1NC(=O)c1cc(C)ccc1F. The standard InChI is InChI=1S/C16H22FNO/c1-3-12-6-4-5-7-15(12)18-16(19)13-10-11(2)8-9-14(13)17/h8-10,12,15H,3-7H2,1-2H3,(H,18,19). The highest BCUT2D eigenvalue weighted by atomic mass is 19.1. The van der Waals surface area contributed by atoms with Crippen LogP contribution in [0.2, 0.25) is 0 Å². The average molecular weight is 263 g/mol. The lowest BCUT2D eigenvalue weighted by molar-refractivity contribution is 0.0900. The summed E-state index contributed by atoms with van der Waals surface area (Å²) in [5.74, 6) is -0.177. The minimum atomic E-state index is -0.438. The van der Waals surface area contributed by atoms with E-state index in [0.29, 0.717) is 5.92 Å². The van der Waals surface area contributed by atoms with Crippen LogP contribution in [0.15, 0.2) is 18.2 Å². The third kappa shape index (κ3) is 3.34. The van der Waals surface area contributed by atoms with Crippen molar-refractivity contribution < 1.29 is 9.18 Å². The van der Waals surface area contributed by atoms with Crippen LogP contribution in [0.3, 0.4) is 0 Å². The largest absolute Gasteiger partial charge is 0.349 e. The zero-order chi connectivity index (χ0) is 13.8. The Labute approximate surface area is 114 Å². The molecule has 3 heteroatoms. The topological polar surface area (TPSA) is 29.1 Å². The Kier molecular flexibility index (Phi) is 4.56. The van der Waals surface area contributed by atoms with Gasteiger partial charge >= 0.3 is 0 Å². The van der Waals surface area contributed by atoms with Gasteiger partial charge in [0, 0.05) is 6.04 Å². The Morgan fingerprint density at radius 1 is 1.37 bits per heavy atom. The molecule has 1 aromatic rings. The summed E-state index contributed by atoms with van der Waals surface area (Å²) < 4.78 is 13.7. The van der Waals surface area contributed by atoms with Gasteiger partial charge in [0.15, 0.2) is 0 Å². The number of amides is 1. The quantitative estimate of drug-likeness (QED) is 0.882. The first kappa shape index (κ1) is 14.0. The lowest BCUT2D eigenvalue weighted by Crippen LogP contribution is -2.42. The van der Waals surface area contributed by atoms with Gasteiger partial charge in [-0.25, -0.2) is 4.39 Å². The number of hydrogen-bond acceptors (Lipinski definition) is 1. The zero-order valence-electron chi connectivity index (χ0n) is 11.7. The molecular formula is C16H22FNO. The third-order valence-electron chi connectivity index (χ3n) is 4.12. The number of rotatable bonds is 3. The molecule has 2 rings (SSSR count). The van der Waals surface area contributed by atoms with E-state index < -0.39 is 5.82 Å². The van der Waals surface area contributed by atoms with Crippen LogP contribution < -0.4 is 5.32 Å². The first-order valence-electron chi connectivity index (χ1n) is 7.19. The Balaban J connectivity index is 2.09. The van der Waals surface area contributed by atoms with E-state index in [9.17, 15) is 9.18 Å². The molecule has 1 aromatic carbocycles. The highest BCUT2D eigenvalue weighted by Gasteiger charge is 2.26. The summed E-state index contributed by atoms with van der Waals surface area (Å²) in [6.45, 7) is 4.02. The van der Waals surface area contributed by atoms with Gasteiger partial charge in [-0.15, -0.1) is 0 Å². The second kappa shape index (κ2) is 6.18. The second-order valence-electron chi connectivity index (χ2n) is 5.52. The van der Waals surface area contributed by atoms with Crippen molar-refractivity contribution >= 4 is 5.91 Å². The van der Waals surface area contributed by atoms with Gasteiger partial charge in [-0.2, -0.15) is 0 Å². The van der Waals surface area contributed by atoms with Crippen molar-refractivity contribution in [1.82, 2.24) is 5.32 Å². The number of aryl methyl sites for hydroxylation is 1. The maximum Gasteiger partial charge on any atom is 0.254 e. The van der Waals surface area contributed by atoms with Gasteiger partial charge in [-0.05, 0) is 37.8 Å². The van der Waals surface area contributed by atoms with E-state index >= 15 is 0 Å². The summed E-state index contributed by atoms with van der Waals surface area (Å²) in [6, 6.07) is 4.87. The maximum atomic E-state index is 13.7. The minimum Gasteiger partial charge on any atom is -0.349 e. The van der Waals surface area contributed by atoms with E-state index in [4.69, 9.17) is 0 Å². The number of carbonyl (C=O) groups excluding carboxylic acids is 1. The molecule has 0 aromatic heterocycles. The Morgan fingerprint density at radius 2 is 2.11 bits per heavy atom. The molecule has 0 saturated heterocycles. The molecule has 1 N–H and O–H groups in total. The summed E-state index contributed by atoms with van der Waals surface area (Å²) in [6.07, 6.45) is 5.64. The molecule has 0 radical (unpaired) electrons. The van der Waals surface area contributed by atoms with Crippen LogP contribution in [0, 0.1) is 18.7 Å². The number of benzene rings is 1. The van der Waals surface area contributed by atoms with Crippen molar-refractivity contribution in [2.75, 3.05) is 0 Å². The van der Waals surface area contributed by atoms with Gasteiger partial charge < -0.3 is 5.32 Å². The minimum absolute atomic E-state index is 0.167. The predicted molar refractivity (Wildman–Crippen MR) is 74.6 cm³/mol. The number of carbonyl (C=O) groups is 1. The van der Waals surface area contributed by atoms with Crippen LogP contribution in [0.4, 0.5) is 4.39 Å². The summed E-state index contributed by atoms with van der Waals surface area (Å²) in [5, 5.41) is 3.03. The van der Waals surface area contributed by atoms with Crippen LogP contribution in [-0.4, -0.2) is 11.9 Å². The summed E-state index contributed by atoms with van der Waals surface area (Å²) >= 11 is 0. The lowest BCUT2D eigenvalue weighted by atomic mass is 9.83. The normalized spacial score (nSPS) is 23.1. The van der Waals surface area contributed by atoms with Gasteiger partial charge in [0.1, 0.15) is 5.82 Å². The molecule has 104 valence electrons. The fourth-order valence-corrected chi connectivity index (χ4v) is 2.95. The van der Waals surface area contributed by atoms with Crippen LogP contribution in [0.1, 0.15) is 54.9 Å². The van der Waals surface area contributed by atoms with Gasteiger partial charge in [0.05, 0.1) is 5.56 Å². The number of hydrogen-bond donors (Lipinski definition) is 1. The fourth-order valence-electron chi connectivity index (χ4n) is 2.95. The highest BCUT2D eigenvalue weighted by molar-refractivity contribution is 5.94. The van der Waals surface area contributed by atoms with E-state index in [1.54, 1.807) is 12.1 Å². The van der Waals surface area contributed by atoms with E-state index in [1.807, 2.05) is 6.92 Å². The molecule has 0 spiro atoms. The van der Waals surface area contributed by atoms with Crippen molar-refractivity contribution in [2.45, 2.75) is 52.0 Å². The second-order valence-corrected chi connectivity index (χ2v) is 5.52. The van der Waals surface area contributed by atoms with Crippen molar-refractivity contribution in [1.29, 1.82) is 0 Å². The lowest BCUT2D eigenvalue weighted by Gasteiger charge is -2.31. The van der Waals surface area contributed by atoms with Crippen molar-refractivity contribution in [3.8, 4) is 0 Å². The fraction of sp³-hybridized carbons (Fsp3) is 0.562. The first-order valence-corrected chi connectivity index (χ1v) is 7.19. The first-order chi connectivity index (χ1) is 9.11. The molecule has 2 unspecified atom stereocenters. The molecule has 19 heavy (non-hydrogen) atoms. The highest BCUT2D eigenvalue weighted by Crippen LogP contribution is 2.27. The van der Waals surface area contributed by atoms with Crippen LogP contribution in [0.25, 0.3) is 0 Å². The Bertz CT molecular complexity index is 458. The van der Waals surface area contributed by atoms with Gasteiger partial charge in [0.25, 0.3) is 5.91 Å². The van der Waals surface area contributed by atoms with Crippen molar-refractivity contribution in [3.63, 3.8) is 0 Å². The number of nitrogens with one attached hydrogen (secondary N) is 1. The van der Waals surface area contributed by atoms with Gasteiger partial charge in [-0.1, -0.05) is 37.8 Å². The average Bonchev–Trinajstić information content (AvgIpc) is 2.42. The summed E-state index contributed by atoms with van der Waals surface area (Å²) in [5.41, 5.74) is 1.07. The van der Waals surface area contributed by atoms with Crippen LogP contribution in [0.5, 0.6) is 0 Å². The maximum absolute atomic E-state index is 13.7. The van der Waals surface area contributed by atoms with Gasteiger partial charge in [-0.3, -0.25) is 4.79 Å². The molecule has 1 aliphatic rings. The Morgan fingerprint density at radius 3 is 2.84 bits per heavy atom. The number of halogens is 1. The molecule has 0 heterocycles. The molecule has 0 aliphatic heterocycles. The summed E-state index contributed by atoms with van der Waals surface area (Å²) in [4.78, 5) is 12.2. The molecule has 1 aliphatic carbocycles. The van der Waals surface area contributed by atoms with E-state index in [2.05, 4.69) is 12.2 Å². The van der Waals surface area contributed by atoms with E-state index in [0.717, 1.165) is 31.2 Å². The summed E-state index contributed by atoms with van der Waals surface area (Å²) in [7, 11) is 0. The molecule has 1 saturated carbocycles. The smallest absolute Gasteiger partial charge is 0.254 e. The molecule has 1 amide bonds. The molecular weight excluding hydrogens is 241 g/mol. The molecule has 1 fully saturated rings. The molecule has 0 bridgehead atoms. The van der Waals surface area contributed by atoms with Crippen LogP contribution in [-0.2, 0) is 0 Å². The van der Waals surface area contributed by atoms with E-state index in [-0.39, 0.29) is 17.5 Å². The monoisotopic (exact) mass is 263 g/mol. The van der Waals surface area contributed by atoms with Crippen LogP contribution >= 0.6 is 0 Å².